The maximum Gasteiger partial charge on any atom is 0.227 e. The Morgan fingerprint density at radius 3 is 2.56 bits per heavy atom. The first kappa shape index (κ1) is 22.0. The second-order valence-electron chi connectivity index (χ2n) is 8.43. The first-order chi connectivity index (χ1) is 16.7. The zero-order valence-corrected chi connectivity index (χ0v) is 19.4. The highest BCUT2D eigenvalue weighted by Gasteiger charge is 2.35. The van der Waals surface area contributed by atoms with E-state index in [1.54, 1.807) is 0 Å². The number of anilines is 1. The van der Waals surface area contributed by atoms with Crippen molar-refractivity contribution in [2.24, 2.45) is 0 Å². The monoisotopic (exact) mass is 455 g/mol. The Hall–Kier alpha value is -3.80. The molecular weight excluding hydrogens is 426 g/mol. The third-order valence-corrected chi connectivity index (χ3v) is 6.17. The van der Waals surface area contributed by atoms with E-state index in [9.17, 15) is 4.79 Å². The molecule has 1 aliphatic rings. The fourth-order valence-electron chi connectivity index (χ4n) is 4.64. The lowest BCUT2D eigenvalue weighted by atomic mass is 10.1. The lowest BCUT2D eigenvalue weighted by molar-refractivity contribution is -0.117. The molecule has 0 N–H and O–H groups in total. The van der Waals surface area contributed by atoms with Crippen LogP contribution in [0.4, 0.5) is 5.69 Å². The summed E-state index contributed by atoms with van der Waals surface area (Å²) in [6.07, 6.45) is 1.28. The van der Waals surface area contributed by atoms with Gasteiger partial charge in [-0.2, -0.15) is 0 Å². The van der Waals surface area contributed by atoms with Gasteiger partial charge in [0.2, 0.25) is 5.91 Å². The molecule has 6 heteroatoms. The predicted molar refractivity (Wildman–Crippen MR) is 134 cm³/mol. The average Bonchev–Trinajstić information content (AvgIpc) is 3.43. The van der Waals surface area contributed by atoms with E-state index in [1.807, 2.05) is 84.6 Å². The molecule has 1 amide bonds. The van der Waals surface area contributed by atoms with Gasteiger partial charge in [0.15, 0.2) is 0 Å². The van der Waals surface area contributed by atoms with E-state index in [4.69, 9.17) is 14.5 Å². The van der Waals surface area contributed by atoms with Gasteiger partial charge in [-0.05, 0) is 49.7 Å². The molecule has 0 saturated carbocycles. The zero-order chi connectivity index (χ0) is 23.3. The van der Waals surface area contributed by atoms with Crippen LogP contribution in [0.25, 0.3) is 11.0 Å². The van der Waals surface area contributed by atoms with Crippen molar-refractivity contribution in [3.63, 3.8) is 0 Å². The quantitative estimate of drug-likeness (QED) is 0.316. The smallest absolute Gasteiger partial charge is 0.227 e. The number of rotatable bonds is 9. The van der Waals surface area contributed by atoms with Gasteiger partial charge in [-0.15, -0.1) is 0 Å². The van der Waals surface area contributed by atoms with Crippen molar-refractivity contribution < 1.29 is 14.3 Å². The van der Waals surface area contributed by atoms with Crippen LogP contribution in [0.1, 0.15) is 31.5 Å². The topological polar surface area (TPSA) is 56.6 Å². The Labute approximate surface area is 199 Å². The largest absolute Gasteiger partial charge is 0.494 e. The number of carbonyl (C=O) groups is 1. The molecule has 6 nitrogen and oxygen atoms in total. The van der Waals surface area contributed by atoms with Crippen molar-refractivity contribution in [1.29, 1.82) is 0 Å². The minimum atomic E-state index is 0.0182. The molecule has 4 aromatic rings. The molecule has 0 bridgehead atoms. The van der Waals surface area contributed by atoms with Crippen LogP contribution in [0.5, 0.6) is 11.5 Å². The third-order valence-electron chi connectivity index (χ3n) is 6.17. The standard InChI is InChI=1S/C28H29N3O3/c1-2-33-26-16-9-8-15-25(26)31-20-21(19-27(31)32)28-29-23-13-6-7-14-24(23)30(28)17-10-18-34-22-11-4-3-5-12-22/h3-9,11-16,21H,2,10,17-20H2,1H3/t21-/m1/s1. The van der Waals surface area contributed by atoms with Crippen LogP contribution in [0.2, 0.25) is 0 Å². The summed E-state index contributed by atoms with van der Waals surface area (Å²) < 4.78 is 13.9. The van der Waals surface area contributed by atoms with E-state index in [-0.39, 0.29) is 11.8 Å². The molecule has 0 unspecified atom stereocenters. The van der Waals surface area contributed by atoms with Gasteiger partial charge in [0.25, 0.3) is 0 Å². The van der Waals surface area contributed by atoms with Gasteiger partial charge in [0.05, 0.1) is 29.9 Å². The minimum Gasteiger partial charge on any atom is -0.494 e. The van der Waals surface area contributed by atoms with E-state index >= 15 is 0 Å². The summed E-state index contributed by atoms with van der Waals surface area (Å²) >= 11 is 0. The van der Waals surface area contributed by atoms with Crippen molar-refractivity contribution in [2.45, 2.75) is 32.2 Å². The SMILES string of the molecule is CCOc1ccccc1N1C[C@H](c2nc3ccccc3n2CCCOc2ccccc2)CC1=O. The van der Waals surface area contributed by atoms with Gasteiger partial charge in [0.1, 0.15) is 17.3 Å². The molecule has 34 heavy (non-hydrogen) atoms. The Balaban J connectivity index is 1.37. The maximum atomic E-state index is 13.1. The first-order valence-corrected chi connectivity index (χ1v) is 11.9. The predicted octanol–water partition coefficient (Wildman–Crippen LogP) is 5.42. The van der Waals surface area contributed by atoms with Crippen LogP contribution in [0.15, 0.2) is 78.9 Å². The van der Waals surface area contributed by atoms with E-state index < -0.39 is 0 Å². The maximum absolute atomic E-state index is 13.1. The normalized spacial score (nSPS) is 15.7. The number of benzene rings is 3. The summed E-state index contributed by atoms with van der Waals surface area (Å²) in [6, 6.07) is 25.8. The van der Waals surface area contributed by atoms with Crippen LogP contribution < -0.4 is 14.4 Å². The number of hydrogen-bond donors (Lipinski definition) is 0. The molecule has 5 rings (SSSR count). The van der Waals surface area contributed by atoms with Crippen LogP contribution in [0, 0.1) is 0 Å². The number of aromatic nitrogens is 2. The van der Waals surface area contributed by atoms with Crippen LogP contribution in [-0.2, 0) is 11.3 Å². The summed E-state index contributed by atoms with van der Waals surface area (Å²) in [6.45, 7) is 4.50. The summed E-state index contributed by atoms with van der Waals surface area (Å²) in [5.74, 6) is 2.70. The van der Waals surface area contributed by atoms with Gasteiger partial charge in [-0.1, -0.05) is 42.5 Å². The molecule has 3 aromatic carbocycles. The van der Waals surface area contributed by atoms with Crippen LogP contribution >= 0.6 is 0 Å². The summed E-state index contributed by atoms with van der Waals surface area (Å²) in [7, 11) is 0. The number of hydrogen-bond acceptors (Lipinski definition) is 4. The summed E-state index contributed by atoms with van der Waals surface area (Å²) in [4.78, 5) is 19.9. The molecule has 0 radical (unpaired) electrons. The molecule has 1 atom stereocenters. The second-order valence-corrected chi connectivity index (χ2v) is 8.43. The molecule has 2 heterocycles. The molecule has 0 aliphatic carbocycles. The van der Waals surface area contributed by atoms with E-state index in [0.717, 1.165) is 47.0 Å². The number of fused-ring (bicyclic) bond motifs is 1. The molecule has 0 spiro atoms. The Kier molecular flexibility index (Phi) is 6.47. The number of imidazole rings is 1. The van der Waals surface area contributed by atoms with E-state index in [1.165, 1.54) is 0 Å². The first-order valence-electron chi connectivity index (χ1n) is 11.9. The number of nitrogens with zero attached hydrogens (tertiary/aromatic N) is 3. The number of amides is 1. The lowest BCUT2D eigenvalue weighted by Crippen LogP contribution is -2.25. The summed E-state index contributed by atoms with van der Waals surface area (Å²) in [5, 5.41) is 0. The van der Waals surface area contributed by atoms with Crippen molar-refractivity contribution in [3.8, 4) is 11.5 Å². The van der Waals surface area contributed by atoms with E-state index in [2.05, 4.69) is 10.6 Å². The number of para-hydroxylation sites is 5. The Bertz CT molecular complexity index is 1270. The number of ether oxygens (including phenoxy) is 2. The highest BCUT2D eigenvalue weighted by Crippen LogP contribution is 2.37. The minimum absolute atomic E-state index is 0.0182. The summed E-state index contributed by atoms with van der Waals surface area (Å²) in [5.41, 5.74) is 2.88. The van der Waals surface area contributed by atoms with Crippen molar-refractivity contribution in [3.05, 3.63) is 84.7 Å². The molecule has 1 fully saturated rings. The molecule has 1 aromatic heterocycles. The lowest BCUT2D eigenvalue weighted by Gasteiger charge is -2.20. The molecule has 1 saturated heterocycles. The zero-order valence-electron chi connectivity index (χ0n) is 19.4. The van der Waals surface area contributed by atoms with Gasteiger partial charge >= 0.3 is 0 Å². The van der Waals surface area contributed by atoms with Gasteiger partial charge in [-0.3, -0.25) is 4.79 Å². The fraction of sp³-hybridized carbons (Fsp3) is 0.286. The average molecular weight is 456 g/mol. The highest BCUT2D eigenvalue weighted by atomic mass is 16.5. The third kappa shape index (κ3) is 4.49. The number of aryl methyl sites for hydroxylation is 1. The highest BCUT2D eigenvalue weighted by molar-refractivity contribution is 5.97. The molecular formula is C28H29N3O3. The van der Waals surface area contributed by atoms with Crippen LogP contribution in [0.3, 0.4) is 0 Å². The van der Waals surface area contributed by atoms with Crippen molar-refractivity contribution in [1.82, 2.24) is 9.55 Å². The van der Waals surface area contributed by atoms with Crippen molar-refractivity contribution in [2.75, 3.05) is 24.7 Å². The Morgan fingerprint density at radius 1 is 0.941 bits per heavy atom. The molecule has 174 valence electrons. The van der Waals surface area contributed by atoms with Crippen molar-refractivity contribution >= 4 is 22.6 Å². The molecule has 1 aliphatic heterocycles. The Morgan fingerprint density at radius 2 is 1.71 bits per heavy atom. The van der Waals surface area contributed by atoms with Gasteiger partial charge in [-0.25, -0.2) is 4.98 Å². The van der Waals surface area contributed by atoms with Gasteiger partial charge < -0.3 is 18.9 Å². The fourth-order valence-corrected chi connectivity index (χ4v) is 4.64. The van der Waals surface area contributed by atoms with Gasteiger partial charge in [0, 0.05) is 25.4 Å². The second kappa shape index (κ2) is 10.00. The van der Waals surface area contributed by atoms with Crippen LogP contribution in [-0.4, -0.2) is 35.2 Å². The van der Waals surface area contributed by atoms with E-state index in [0.29, 0.717) is 26.2 Å². The number of carbonyl (C=O) groups excluding carboxylic acids is 1.